The van der Waals surface area contributed by atoms with E-state index in [9.17, 15) is 4.79 Å². The van der Waals surface area contributed by atoms with E-state index in [0.717, 1.165) is 7.11 Å². The summed E-state index contributed by atoms with van der Waals surface area (Å²) in [5, 5.41) is 9.06. The van der Waals surface area contributed by atoms with E-state index in [1.54, 1.807) is 30.3 Å². The zero-order chi connectivity index (χ0) is 10.4. The van der Waals surface area contributed by atoms with Gasteiger partial charge in [-0.1, -0.05) is 18.2 Å². The largest absolute Gasteiger partial charge is 0.789 e. The highest BCUT2D eigenvalue weighted by molar-refractivity contribution is 6.38. The van der Waals surface area contributed by atoms with Crippen molar-refractivity contribution in [2.45, 2.75) is 0 Å². The van der Waals surface area contributed by atoms with Crippen molar-refractivity contribution in [1.29, 1.82) is 0 Å². The molecule has 0 amide bonds. The van der Waals surface area contributed by atoms with Gasteiger partial charge in [0.25, 0.3) is 0 Å². The molecule has 14 heavy (non-hydrogen) atoms. The first-order valence-electron chi connectivity index (χ1n) is 3.87. The minimum Gasteiger partial charge on any atom is -0.501 e. The van der Waals surface area contributed by atoms with Crippen LogP contribution in [0.2, 0.25) is 0 Å². The van der Waals surface area contributed by atoms with Crippen LogP contribution in [0.25, 0.3) is 0 Å². The molecular weight excluding hydrogens is 187 g/mol. The Hall–Kier alpha value is -1.69. The molecule has 1 aromatic rings. The van der Waals surface area contributed by atoms with Gasteiger partial charge in [-0.2, -0.15) is 0 Å². The normalized spacial score (nSPS) is 9.00. The Labute approximate surface area is 81.4 Å². The van der Waals surface area contributed by atoms with Crippen LogP contribution in [0.5, 0.6) is 5.75 Å². The average molecular weight is 196 g/mol. The molecule has 5 nitrogen and oxygen atoms in total. The molecule has 0 aromatic heterocycles. The van der Waals surface area contributed by atoms with Gasteiger partial charge in [0.1, 0.15) is 5.75 Å². The number of methoxy groups -OCH3 is 1. The molecule has 1 aromatic carbocycles. The molecule has 1 N–H and O–H groups in total. The molecule has 0 saturated carbocycles. The second kappa shape index (κ2) is 5.13. The minimum atomic E-state index is -1.66. The summed E-state index contributed by atoms with van der Waals surface area (Å²) in [6.07, 6.45) is -1.01. The molecule has 0 fully saturated rings. The third-order valence-corrected chi connectivity index (χ3v) is 1.34. The van der Waals surface area contributed by atoms with Crippen LogP contribution in [0.15, 0.2) is 30.3 Å². The van der Waals surface area contributed by atoms with Crippen LogP contribution in [0.4, 0.5) is 4.79 Å². The summed E-state index contributed by atoms with van der Waals surface area (Å²) >= 11 is 0. The highest BCUT2D eigenvalue weighted by Gasteiger charge is 2.24. The number of hydrogen-bond donors (Lipinski definition) is 1. The monoisotopic (exact) mass is 196 g/mol. The quantitative estimate of drug-likeness (QED) is 0.572. The van der Waals surface area contributed by atoms with Crippen molar-refractivity contribution >= 4 is 13.5 Å². The molecule has 0 saturated heterocycles. The van der Waals surface area contributed by atoms with E-state index in [1.807, 2.05) is 0 Å². The molecule has 0 aliphatic carbocycles. The van der Waals surface area contributed by atoms with Crippen molar-refractivity contribution < 1.29 is 23.9 Å². The Kier molecular flexibility index (Phi) is 3.81. The van der Waals surface area contributed by atoms with E-state index in [2.05, 4.69) is 9.39 Å². The fraction of sp³-hybridized carbons (Fsp3) is 0.125. The first-order chi connectivity index (χ1) is 6.72. The molecular formula is C8H9BO5. The first kappa shape index (κ1) is 10.4. The number of para-hydroxylation sites is 1. The van der Waals surface area contributed by atoms with Gasteiger partial charge in [-0.25, -0.2) is 4.79 Å². The zero-order valence-corrected chi connectivity index (χ0v) is 7.54. The van der Waals surface area contributed by atoms with Crippen LogP contribution in [0, 0.1) is 0 Å². The molecule has 0 aliphatic rings. The third-order valence-electron chi connectivity index (χ3n) is 1.34. The minimum absolute atomic E-state index is 0.393. The van der Waals surface area contributed by atoms with Crippen LogP contribution < -0.4 is 4.65 Å². The van der Waals surface area contributed by atoms with Gasteiger partial charge in [-0.15, -0.1) is 0 Å². The number of carbonyl (C=O) groups is 1. The van der Waals surface area contributed by atoms with Gasteiger partial charge in [0, 0.05) is 0 Å². The predicted molar refractivity (Wildman–Crippen MR) is 48.5 cm³/mol. The predicted octanol–water partition coefficient (Wildman–Crippen LogP) is 0.826. The maximum Gasteiger partial charge on any atom is 0.789 e. The maximum atomic E-state index is 10.5. The van der Waals surface area contributed by atoms with E-state index in [0.29, 0.717) is 5.75 Å². The van der Waals surface area contributed by atoms with Gasteiger partial charge in [-0.05, 0) is 12.1 Å². The van der Waals surface area contributed by atoms with E-state index >= 15 is 0 Å². The number of hydrogen-bond acceptors (Lipinski definition) is 5. The van der Waals surface area contributed by atoms with E-state index < -0.39 is 13.5 Å². The Morgan fingerprint density at radius 3 is 2.57 bits per heavy atom. The van der Waals surface area contributed by atoms with Crippen molar-refractivity contribution in [1.82, 2.24) is 0 Å². The Bertz CT molecular complexity index is 289. The van der Waals surface area contributed by atoms with Crippen LogP contribution in [-0.2, 0) is 9.39 Å². The smallest absolute Gasteiger partial charge is 0.501 e. The third kappa shape index (κ3) is 3.36. The van der Waals surface area contributed by atoms with Gasteiger partial charge in [0.2, 0.25) is 0 Å². The Balaban J connectivity index is 2.41. The summed E-state index contributed by atoms with van der Waals surface area (Å²) in [5.41, 5.74) is 0. The van der Waals surface area contributed by atoms with E-state index in [4.69, 9.17) is 9.68 Å². The Morgan fingerprint density at radius 2 is 2.00 bits per heavy atom. The van der Waals surface area contributed by atoms with Crippen molar-refractivity contribution in [3.63, 3.8) is 0 Å². The van der Waals surface area contributed by atoms with Crippen LogP contribution in [0.1, 0.15) is 0 Å². The van der Waals surface area contributed by atoms with Crippen molar-refractivity contribution in [2.24, 2.45) is 0 Å². The lowest BCUT2D eigenvalue weighted by atomic mass is 10.2. The maximum absolute atomic E-state index is 10.5. The SMILES string of the molecule is COC(=O)OB(O)Oc1ccccc1. The summed E-state index contributed by atoms with van der Waals surface area (Å²) in [7, 11) is -0.526. The lowest BCUT2D eigenvalue weighted by Crippen LogP contribution is -2.29. The summed E-state index contributed by atoms with van der Waals surface area (Å²) < 4.78 is 13.3. The van der Waals surface area contributed by atoms with Gasteiger partial charge in [0.15, 0.2) is 0 Å². The lowest BCUT2D eigenvalue weighted by molar-refractivity contribution is 0.102. The zero-order valence-electron chi connectivity index (χ0n) is 7.54. The molecule has 74 valence electrons. The van der Waals surface area contributed by atoms with Gasteiger partial charge in [0.05, 0.1) is 7.11 Å². The number of benzene rings is 1. The van der Waals surface area contributed by atoms with Crippen molar-refractivity contribution in [3.05, 3.63) is 30.3 Å². The summed E-state index contributed by atoms with van der Waals surface area (Å²) in [6.45, 7) is 0. The van der Waals surface area contributed by atoms with Crippen molar-refractivity contribution in [3.8, 4) is 5.75 Å². The molecule has 0 unspecified atom stereocenters. The van der Waals surface area contributed by atoms with Gasteiger partial charge in [-0.3, -0.25) is 0 Å². The lowest BCUT2D eigenvalue weighted by Gasteiger charge is -2.07. The number of ether oxygens (including phenoxy) is 1. The topological polar surface area (TPSA) is 65.0 Å². The molecule has 0 aliphatic heterocycles. The fourth-order valence-electron chi connectivity index (χ4n) is 0.770. The first-order valence-corrected chi connectivity index (χ1v) is 3.87. The molecule has 0 atom stereocenters. The summed E-state index contributed by atoms with van der Waals surface area (Å²) in [6, 6.07) is 8.47. The van der Waals surface area contributed by atoms with E-state index in [1.165, 1.54) is 0 Å². The van der Waals surface area contributed by atoms with Crippen LogP contribution >= 0.6 is 0 Å². The second-order valence-corrected chi connectivity index (χ2v) is 2.31. The van der Waals surface area contributed by atoms with Crippen molar-refractivity contribution in [2.75, 3.05) is 7.11 Å². The van der Waals surface area contributed by atoms with E-state index in [-0.39, 0.29) is 0 Å². The Morgan fingerprint density at radius 1 is 1.36 bits per heavy atom. The van der Waals surface area contributed by atoms with Gasteiger partial charge >= 0.3 is 13.5 Å². The fourth-order valence-corrected chi connectivity index (χ4v) is 0.770. The summed E-state index contributed by atoms with van der Waals surface area (Å²) in [5.74, 6) is 0.393. The molecule has 0 radical (unpaired) electrons. The van der Waals surface area contributed by atoms with Crippen LogP contribution in [-0.4, -0.2) is 25.6 Å². The summed E-state index contributed by atoms with van der Waals surface area (Å²) in [4.78, 5) is 10.5. The second-order valence-electron chi connectivity index (χ2n) is 2.31. The standard InChI is InChI=1S/C8H9BO5/c1-12-8(10)14-9(11)13-7-5-3-2-4-6-7/h2-6,11H,1H3. The molecule has 0 bridgehead atoms. The molecule has 0 heterocycles. The molecule has 6 heteroatoms. The van der Waals surface area contributed by atoms with Gasteiger partial charge < -0.3 is 19.1 Å². The molecule has 1 rings (SSSR count). The van der Waals surface area contributed by atoms with Crippen LogP contribution in [0.3, 0.4) is 0 Å². The average Bonchev–Trinajstić information content (AvgIpc) is 2.19. The highest BCUT2D eigenvalue weighted by Crippen LogP contribution is 2.09. The molecule has 0 spiro atoms. The highest BCUT2D eigenvalue weighted by atomic mass is 16.8. The number of carbonyl (C=O) groups excluding carboxylic acids is 1. The number of rotatable bonds is 3.